The molecule has 0 aliphatic carbocycles. The number of aryl methyl sites for hydroxylation is 1. The number of hydrogen-bond acceptors (Lipinski definition) is 3. The lowest BCUT2D eigenvalue weighted by Crippen LogP contribution is -2.14. The molecular formula is C12H17FN2S. The van der Waals surface area contributed by atoms with Gasteiger partial charge in [-0.15, -0.1) is 0 Å². The zero-order valence-electron chi connectivity index (χ0n) is 9.42. The largest absolute Gasteiger partial charge is 0.397 e. The zero-order valence-corrected chi connectivity index (χ0v) is 10.2. The minimum atomic E-state index is -0.238. The molecule has 1 fully saturated rings. The Labute approximate surface area is 99.8 Å². The van der Waals surface area contributed by atoms with Gasteiger partial charge >= 0.3 is 0 Å². The second-order valence-electron chi connectivity index (χ2n) is 4.20. The van der Waals surface area contributed by atoms with E-state index >= 15 is 0 Å². The normalized spacial score (nSPS) is 20.0. The zero-order chi connectivity index (χ0) is 11.5. The molecular weight excluding hydrogens is 223 g/mol. The van der Waals surface area contributed by atoms with Crippen molar-refractivity contribution in [1.82, 2.24) is 0 Å². The van der Waals surface area contributed by atoms with Crippen LogP contribution in [0.3, 0.4) is 0 Å². The van der Waals surface area contributed by atoms with Gasteiger partial charge in [-0.3, -0.25) is 0 Å². The molecule has 0 radical (unpaired) electrons. The third kappa shape index (κ3) is 2.61. The van der Waals surface area contributed by atoms with E-state index < -0.39 is 0 Å². The van der Waals surface area contributed by atoms with E-state index in [0.29, 0.717) is 16.5 Å². The second-order valence-corrected chi connectivity index (χ2v) is 5.61. The Morgan fingerprint density at radius 2 is 2.38 bits per heavy atom. The fourth-order valence-corrected chi connectivity index (χ4v) is 3.08. The molecule has 1 aliphatic heterocycles. The van der Waals surface area contributed by atoms with E-state index in [4.69, 9.17) is 5.73 Å². The summed E-state index contributed by atoms with van der Waals surface area (Å²) in [6, 6.07) is 3.17. The summed E-state index contributed by atoms with van der Waals surface area (Å²) >= 11 is 2.00. The number of nitrogen functional groups attached to an aromatic ring is 1. The molecule has 0 aromatic heterocycles. The number of anilines is 2. The van der Waals surface area contributed by atoms with Crippen molar-refractivity contribution in [2.45, 2.75) is 25.0 Å². The van der Waals surface area contributed by atoms with Crippen molar-refractivity contribution in [3.05, 3.63) is 23.5 Å². The van der Waals surface area contributed by atoms with Crippen molar-refractivity contribution in [3.8, 4) is 0 Å². The first-order chi connectivity index (χ1) is 7.66. The average Bonchev–Trinajstić information content (AvgIpc) is 2.74. The molecule has 0 spiro atoms. The summed E-state index contributed by atoms with van der Waals surface area (Å²) in [5.41, 5.74) is 7.75. The molecule has 0 amide bonds. The van der Waals surface area contributed by atoms with Crippen LogP contribution in [0.25, 0.3) is 0 Å². The summed E-state index contributed by atoms with van der Waals surface area (Å²) in [5, 5.41) is 3.98. The topological polar surface area (TPSA) is 38.0 Å². The molecule has 4 heteroatoms. The maximum atomic E-state index is 13.2. The molecule has 1 aromatic rings. The number of nitrogens with two attached hydrogens (primary N) is 1. The molecule has 0 bridgehead atoms. The first-order valence-corrected chi connectivity index (χ1v) is 6.63. The number of halogens is 1. The predicted octanol–water partition coefficient (Wildman–Crippen LogP) is 3.02. The van der Waals surface area contributed by atoms with Crippen LogP contribution in [-0.4, -0.2) is 17.5 Å². The van der Waals surface area contributed by atoms with Crippen LogP contribution < -0.4 is 11.1 Å². The van der Waals surface area contributed by atoms with Gasteiger partial charge in [0.25, 0.3) is 0 Å². The molecule has 88 valence electrons. The van der Waals surface area contributed by atoms with E-state index in [1.807, 2.05) is 11.8 Å². The minimum Gasteiger partial charge on any atom is -0.397 e. The van der Waals surface area contributed by atoms with Gasteiger partial charge in [0.2, 0.25) is 0 Å². The quantitative estimate of drug-likeness (QED) is 0.798. The highest BCUT2D eigenvalue weighted by molar-refractivity contribution is 8.00. The SMILES string of the molecule is Cc1cc(NCC2CCCS2)c(N)cc1F. The Balaban J connectivity index is 2.00. The van der Waals surface area contributed by atoms with Crippen LogP contribution in [0.4, 0.5) is 15.8 Å². The van der Waals surface area contributed by atoms with Gasteiger partial charge in [0.15, 0.2) is 0 Å². The van der Waals surface area contributed by atoms with Crippen molar-refractivity contribution >= 4 is 23.1 Å². The smallest absolute Gasteiger partial charge is 0.128 e. The number of benzene rings is 1. The molecule has 1 unspecified atom stereocenters. The van der Waals surface area contributed by atoms with Crippen LogP contribution in [0, 0.1) is 12.7 Å². The van der Waals surface area contributed by atoms with E-state index in [0.717, 1.165) is 12.2 Å². The summed E-state index contributed by atoms with van der Waals surface area (Å²) in [5.74, 6) is 1.02. The van der Waals surface area contributed by atoms with Crippen LogP contribution in [0.15, 0.2) is 12.1 Å². The molecule has 1 saturated heterocycles. The molecule has 1 aromatic carbocycles. The van der Waals surface area contributed by atoms with Gasteiger partial charge < -0.3 is 11.1 Å². The number of rotatable bonds is 3. The van der Waals surface area contributed by atoms with Crippen molar-refractivity contribution in [2.75, 3.05) is 23.3 Å². The number of thioether (sulfide) groups is 1. The highest BCUT2D eigenvalue weighted by Crippen LogP contribution is 2.28. The number of nitrogens with one attached hydrogen (secondary N) is 1. The highest BCUT2D eigenvalue weighted by atomic mass is 32.2. The van der Waals surface area contributed by atoms with Gasteiger partial charge in [0.05, 0.1) is 11.4 Å². The third-order valence-corrected chi connectivity index (χ3v) is 4.27. The van der Waals surface area contributed by atoms with Gasteiger partial charge in [-0.2, -0.15) is 11.8 Å². The van der Waals surface area contributed by atoms with E-state index in [1.54, 1.807) is 13.0 Å². The first-order valence-electron chi connectivity index (χ1n) is 5.58. The van der Waals surface area contributed by atoms with E-state index in [9.17, 15) is 4.39 Å². The molecule has 1 heterocycles. The summed E-state index contributed by atoms with van der Waals surface area (Å²) in [6.45, 7) is 2.67. The number of hydrogen-bond donors (Lipinski definition) is 2. The van der Waals surface area contributed by atoms with Gasteiger partial charge in [-0.1, -0.05) is 0 Å². The highest BCUT2D eigenvalue weighted by Gasteiger charge is 2.15. The summed E-state index contributed by atoms with van der Waals surface area (Å²) in [7, 11) is 0. The molecule has 2 rings (SSSR count). The lowest BCUT2D eigenvalue weighted by atomic mass is 10.1. The van der Waals surface area contributed by atoms with Crippen LogP contribution >= 0.6 is 11.8 Å². The van der Waals surface area contributed by atoms with Gasteiger partial charge in [-0.25, -0.2) is 4.39 Å². The van der Waals surface area contributed by atoms with Crippen molar-refractivity contribution in [3.63, 3.8) is 0 Å². The van der Waals surface area contributed by atoms with Crippen molar-refractivity contribution < 1.29 is 4.39 Å². The van der Waals surface area contributed by atoms with Gasteiger partial charge in [0.1, 0.15) is 5.82 Å². The van der Waals surface area contributed by atoms with Gasteiger partial charge in [-0.05, 0) is 43.2 Å². The first kappa shape index (κ1) is 11.6. The predicted molar refractivity (Wildman–Crippen MR) is 69.5 cm³/mol. The second kappa shape index (κ2) is 4.95. The standard InChI is InChI=1S/C12H17FN2S/c1-8-5-12(11(14)6-10(8)13)15-7-9-3-2-4-16-9/h5-6,9,15H,2-4,7,14H2,1H3. The Hall–Kier alpha value is -0.900. The lowest BCUT2D eigenvalue weighted by molar-refractivity contribution is 0.619. The third-order valence-electron chi connectivity index (χ3n) is 2.87. The van der Waals surface area contributed by atoms with E-state index in [2.05, 4.69) is 5.32 Å². The maximum Gasteiger partial charge on any atom is 0.128 e. The monoisotopic (exact) mass is 240 g/mol. The fourth-order valence-electron chi connectivity index (χ4n) is 1.88. The Kier molecular flexibility index (Phi) is 3.59. The van der Waals surface area contributed by atoms with Crippen molar-refractivity contribution in [1.29, 1.82) is 0 Å². The van der Waals surface area contributed by atoms with Crippen LogP contribution in [-0.2, 0) is 0 Å². The summed E-state index contributed by atoms with van der Waals surface area (Å²) in [6.07, 6.45) is 2.56. The van der Waals surface area contributed by atoms with E-state index in [-0.39, 0.29) is 5.82 Å². The Morgan fingerprint density at radius 3 is 3.06 bits per heavy atom. The molecule has 1 atom stereocenters. The minimum absolute atomic E-state index is 0.238. The average molecular weight is 240 g/mol. The molecule has 16 heavy (non-hydrogen) atoms. The van der Waals surface area contributed by atoms with Crippen LogP contribution in [0.2, 0.25) is 0 Å². The van der Waals surface area contributed by atoms with Gasteiger partial charge in [0, 0.05) is 11.8 Å². The lowest BCUT2D eigenvalue weighted by Gasteiger charge is -2.14. The maximum absolute atomic E-state index is 13.2. The van der Waals surface area contributed by atoms with Crippen molar-refractivity contribution in [2.24, 2.45) is 0 Å². The molecule has 2 nitrogen and oxygen atoms in total. The Bertz CT molecular complexity index is 376. The molecule has 3 N–H and O–H groups in total. The van der Waals surface area contributed by atoms with Crippen LogP contribution in [0.5, 0.6) is 0 Å². The fraction of sp³-hybridized carbons (Fsp3) is 0.500. The molecule has 1 aliphatic rings. The summed E-state index contributed by atoms with van der Waals surface area (Å²) in [4.78, 5) is 0. The Morgan fingerprint density at radius 1 is 1.56 bits per heavy atom. The van der Waals surface area contributed by atoms with E-state index in [1.165, 1.54) is 24.7 Å². The van der Waals surface area contributed by atoms with Crippen LogP contribution in [0.1, 0.15) is 18.4 Å². The summed E-state index contributed by atoms with van der Waals surface area (Å²) < 4.78 is 13.2. The molecule has 0 saturated carbocycles.